The molecule has 0 aromatic carbocycles. The van der Waals surface area contributed by atoms with E-state index in [1.807, 2.05) is 23.5 Å². The first-order chi connectivity index (χ1) is 7.92. The molecule has 0 aliphatic carbocycles. The quantitative estimate of drug-likeness (QED) is 0.882. The highest BCUT2D eigenvalue weighted by Gasteiger charge is 2.24. The van der Waals surface area contributed by atoms with E-state index in [2.05, 4.69) is 15.5 Å². The number of thioether (sulfide) groups is 2. The number of aromatic nitrogens is 2. The Morgan fingerprint density at radius 3 is 3.00 bits per heavy atom. The summed E-state index contributed by atoms with van der Waals surface area (Å²) in [6, 6.07) is 0. The fourth-order valence-electron chi connectivity index (χ4n) is 1.86. The van der Waals surface area contributed by atoms with E-state index in [-0.39, 0.29) is 0 Å². The second kappa shape index (κ2) is 4.98. The molecular formula is C10H15N3OS2. The largest absolute Gasteiger partial charge is 0.339 e. The minimum absolute atomic E-state index is 0.441. The zero-order valence-corrected chi connectivity index (χ0v) is 10.6. The van der Waals surface area contributed by atoms with E-state index in [0.29, 0.717) is 11.2 Å². The van der Waals surface area contributed by atoms with Crippen LogP contribution in [0.25, 0.3) is 0 Å². The van der Waals surface area contributed by atoms with Crippen LogP contribution in [0.5, 0.6) is 0 Å². The molecule has 0 bridgehead atoms. The summed E-state index contributed by atoms with van der Waals surface area (Å²) < 4.78 is 5.31. The molecule has 2 fully saturated rings. The molecule has 1 aromatic heterocycles. The highest BCUT2D eigenvalue weighted by molar-refractivity contribution is 8.06. The van der Waals surface area contributed by atoms with Crippen LogP contribution in [-0.2, 0) is 6.42 Å². The number of hydrogen-bond acceptors (Lipinski definition) is 6. The maximum Gasteiger partial charge on any atom is 0.227 e. The molecule has 0 spiro atoms. The first kappa shape index (κ1) is 10.9. The number of nitrogens with one attached hydrogen (secondary N) is 1. The van der Waals surface area contributed by atoms with Crippen molar-refractivity contribution in [2.24, 2.45) is 5.92 Å². The highest BCUT2D eigenvalue weighted by atomic mass is 32.2. The zero-order valence-electron chi connectivity index (χ0n) is 9.02. The van der Waals surface area contributed by atoms with Crippen LogP contribution in [0.15, 0.2) is 4.52 Å². The van der Waals surface area contributed by atoms with Crippen molar-refractivity contribution in [3.05, 3.63) is 11.7 Å². The van der Waals surface area contributed by atoms with Crippen LogP contribution in [0, 0.1) is 5.92 Å². The minimum Gasteiger partial charge on any atom is -0.339 e. The van der Waals surface area contributed by atoms with Gasteiger partial charge in [-0.3, -0.25) is 0 Å². The summed E-state index contributed by atoms with van der Waals surface area (Å²) in [5.74, 6) is 5.99. The van der Waals surface area contributed by atoms with Crippen molar-refractivity contribution in [3.8, 4) is 0 Å². The van der Waals surface area contributed by atoms with Gasteiger partial charge in [0.1, 0.15) is 0 Å². The maximum atomic E-state index is 5.31. The van der Waals surface area contributed by atoms with Gasteiger partial charge >= 0.3 is 0 Å². The van der Waals surface area contributed by atoms with E-state index in [1.54, 1.807) is 0 Å². The van der Waals surface area contributed by atoms with Crippen molar-refractivity contribution in [3.63, 3.8) is 0 Å². The second-order valence-corrected chi connectivity index (χ2v) is 6.67. The SMILES string of the molecule is C1CSC(c2noc(CC3CNC3)n2)CS1. The Morgan fingerprint density at radius 2 is 2.31 bits per heavy atom. The Kier molecular flexibility index (Phi) is 3.40. The standard InChI is InChI=1S/C10H15N3OS2/c1-2-16-8(6-15-1)10-12-9(14-13-10)3-7-4-11-5-7/h7-8,11H,1-6H2. The van der Waals surface area contributed by atoms with Crippen LogP contribution in [0.4, 0.5) is 0 Å². The van der Waals surface area contributed by atoms with Gasteiger partial charge in [0.2, 0.25) is 5.89 Å². The summed E-state index contributed by atoms with van der Waals surface area (Å²) in [6.45, 7) is 2.18. The molecule has 2 saturated heterocycles. The third kappa shape index (κ3) is 2.38. The molecule has 2 aliphatic heterocycles. The van der Waals surface area contributed by atoms with Crippen molar-refractivity contribution in [2.75, 3.05) is 30.3 Å². The van der Waals surface area contributed by atoms with Crippen LogP contribution in [0.2, 0.25) is 0 Å². The zero-order chi connectivity index (χ0) is 10.8. The van der Waals surface area contributed by atoms with Gasteiger partial charge in [-0.25, -0.2) is 0 Å². The van der Waals surface area contributed by atoms with Crippen LogP contribution >= 0.6 is 23.5 Å². The molecule has 0 radical (unpaired) electrons. The predicted octanol–water partition coefficient (Wildman–Crippen LogP) is 1.35. The molecule has 0 amide bonds. The number of hydrogen-bond donors (Lipinski definition) is 1. The summed E-state index contributed by atoms with van der Waals surface area (Å²) in [6.07, 6.45) is 0.935. The third-order valence-electron chi connectivity index (χ3n) is 2.92. The van der Waals surface area contributed by atoms with Gasteiger partial charge in [-0.1, -0.05) is 5.16 Å². The van der Waals surface area contributed by atoms with Crippen LogP contribution in [0.1, 0.15) is 17.0 Å². The molecule has 4 nitrogen and oxygen atoms in total. The molecule has 3 rings (SSSR count). The van der Waals surface area contributed by atoms with Gasteiger partial charge in [-0.2, -0.15) is 16.7 Å². The molecule has 16 heavy (non-hydrogen) atoms. The Hall–Kier alpha value is -0.200. The van der Waals surface area contributed by atoms with Crippen molar-refractivity contribution in [1.82, 2.24) is 15.5 Å². The van der Waals surface area contributed by atoms with Crippen molar-refractivity contribution < 1.29 is 4.52 Å². The third-order valence-corrected chi connectivity index (χ3v) is 5.67. The lowest BCUT2D eigenvalue weighted by Crippen LogP contribution is -2.43. The lowest BCUT2D eigenvalue weighted by molar-refractivity contribution is 0.295. The molecule has 0 saturated carbocycles. The lowest BCUT2D eigenvalue weighted by atomic mass is 10.00. The number of nitrogens with zero attached hydrogens (tertiary/aromatic N) is 2. The average molecular weight is 257 g/mol. The van der Waals surface area contributed by atoms with Crippen molar-refractivity contribution in [2.45, 2.75) is 11.7 Å². The summed E-state index contributed by atoms with van der Waals surface area (Å²) in [5, 5.41) is 7.81. The molecule has 1 aromatic rings. The Morgan fingerprint density at radius 1 is 1.38 bits per heavy atom. The van der Waals surface area contributed by atoms with Gasteiger partial charge in [0.25, 0.3) is 0 Å². The van der Waals surface area contributed by atoms with E-state index >= 15 is 0 Å². The van der Waals surface area contributed by atoms with Gasteiger partial charge in [0, 0.05) is 23.7 Å². The van der Waals surface area contributed by atoms with E-state index < -0.39 is 0 Å². The molecule has 3 heterocycles. The van der Waals surface area contributed by atoms with Crippen molar-refractivity contribution >= 4 is 23.5 Å². The predicted molar refractivity (Wildman–Crippen MR) is 66.9 cm³/mol. The molecule has 2 aliphatic rings. The fraction of sp³-hybridized carbons (Fsp3) is 0.800. The summed E-state index contributed by atoms with van der Waals surface area (Å²) in [4.78, 5) is 4.52. The fourth-order valence-corrected chi connectivity index (χ4v) is 4.45. The van der Waals surface area contributed by atoms with E-state index in [4.69, 9.17) is 4.52 Å². The summed E-state index contributed by atoms with van der Waals surface area (Å²) in [7, 11) is 0. The molecule has 6 heteroatoms. The first-order valence-electron chi connectivity index (χ1n) is 5.64. The molecular weight excluding hydrogens is 242 g/mol. The molecule has 1 atom stereocenters. The van der Waals surface area contributed by atoms with E-state index in [1.165, 1.54) is 11.5 Å². The molecule has 88 valence electrons. The monoisotopic (exact) mass is 257 g/mol. The number of rotatable bonds is 3. The topological polar surface area (TPSA) is 51.0 Å². The molecule has 1 N–H and O–H groups in total. The minimum atomic E-state index is 0.441. The van der Waals surface area contributed by atoms with Gasteiger partial charge < -0.3 is 9.84 Å². The smallest absolute Gasteiger partial charge is 0.227 e. The Labute approximate surface area is 103 Å². The summed E-state index contributed by atoms with van der Waals surface area (Å²) in [5.41, 5.74) is 0. The molecule has 1 unspecified atom stereocenters. The van der Waals surface area contributed by atoms with Gasteiger partial charge in [-0.05, 0) is 19.0 Å². The van der Waals surface area contributed by atoms with E-state index in [9.17, 15) is 0 Å². The van der Waals surface area contributed by atoms with Gasteiger partial charge in [0.15, 0.2) is 5.82 Å². The van der Waals surface area contributed by atoms with Crippen LogP contribution < -0.4 is 5.32 Å². The van der Waals surface area contributed by atoms with Gasteiger partial charge in [-0.15, -0.1) is 11.8 Å². The highest BCUT2D eigenvalue weighted by Crippen LogP contribution is 2.35. The van der Waals surface area contributed by atoms with Crippen LogP contribution in [0.3, 0.4) is 0 Å². The second-order valence-electron chi connectivity index (χ2n) is 4.21. The van der Waals surface area contributed by atoms with Gasteiger partial charge in [0.05, 0.1) is 5.25 Å². The Bertz CT molecular complexity index is 348. The van der Waals surface area contributed by atoms with E-state index in [0.717, 1.165) is 37.0 Å². The Balaban J connectivity index is 1.61. The normalized spacial score (nSPS) is 26.6. The van der Waals surface area contributed by atoms with Crippen LogP contribution in [-0.4, -0.2) is 40.5 Å². The van der Waals surface area contributed by atoms with Crippen molar-refractivity contribution in [1.29, 1.82) is 0 Å². The lowest BCUT2D eigenvalue weighted by Gasteiger charge is -2.25. The first-order valence-corrected chi connectivity index (χ1v) is 7.85. The summed E-state index contributed by atoms with van der Waals surface area (Å²) >= 11 is 3.93. The maximum absolute atomic E-state index is 5.31. The average Bonchev–Trinajstić information content (AvgIpc) is 2.73.